The van der Waals surface area contributed by atoms with Gasteiger partial charge in [-0.2, -0.15) is 0 Å². The van der Waals surface area contributed by atoms with E-state index in [4.69, 9.17) is 0 Å². The van der Waals surface area contributed by atoms with Gasteiger partial charge in [-0.1, -0.05) is 0 Å². The molecule has 2 heterocycles. The van der Waals surface area contributed by atoms with E-state index in [2.05, 4.69) is 10.3 Å². The fourth-order valence-corrected chi connectivity index (χ4v) is 1.68. The van der Waals surface area contributed by atoms with E-state index in [1.165, 1.54) is 11.1 Å². The Morgan fingerprint density at radius 3 is 3.00 bits per heavy atom. The Morgan fingerprint density at radius 1 is 1.41 bits per heavy atom. The SMILES string of the molecule is O=C1CCN(C(=O)c2cncc(F)c2)CCN1. The minimum absolute atomic E-state index is 0.0716. The summed E-state index contributed by atoms with van der Waals surface area (Å²) in [4.78, 5) is 28.3. The first-order chi connectivity index (χ1) is 8.16. The maximum atomic E-state index is 12.9. The standard InChI is InChI=1S/C11H12FN3O2/c12-9-5-8(6-13-7-9)11(17)15-3-1-10(16)14-2-4-15/h5-7H,1-4H2,(H,14,16). The van der Waals surface area contributed by atoms with Gasteiger partial charge in [0.2, 0.25) is 5.91 Å². The van der Waals surface area contributed by atoms with Gasteiger partial charge in [0.15, 0.2) is 0 Å². The quantitative estimate of drug-likeness (QED) is 0.758. The molecule has 0 spiro atoms. The first kappa shape index (κ1) is 11.5. The summed E-state index contributed by atoms with van der Waals surface area (Å²) in [7, 11) is 0. The van der Waals surface area contributed by atoms with E-state index in [9.17, 15) is 14.0 Å². The molecular formula is C11H12FN3O2. The second kappa shape index (κ2) is 4.90. The van der Waals surface area contributed by atoms with Crippen LogP contribution in [0.3, 0.4) is 0 Å². The second-order valence-corrected chi connectivity index (χ2v) is 3.78. The van der Waals surface area contributed by atoms with Crippen molar-refractivity contribution < 1.29 is 14.0 Å². The molecule has 6 heteroatoms. The first-order valence-corrected chi connectivity index (χ1v) is 5.33. The van der Waals surface area contributed by atoms with Crippen LogP contribution in [-0.2, 0) is 4.79 Å². The van der Waals surface area contributed by atoms with Crippen molar-refractivity contribution in [3.8, 4) is 0 Å². The lowest BCUT2D eigenvalue weighted by Crippen LogP contribution is -2.34. The molecular weight excluding hydrogens is 225 g/mol. The zero-order valence-electron chi connectivity index (χ0n) is 9.15. The van der Waals surface area contributed by atoms with Crippen molar-refractivity contribution in [2.24, 2.45) is 0 Å². The third kappa shape index (κ3) is 2.77. The highest BCUT2D eigenvalue weighted by Gasteiger charge is 2.20. The van der Waals surface area contributed by atoms with Gasteiger partial charge in [0.05, 0.1) is 11.8 Å². The van der Waals surface area contributed by atoms with Crippen LogP contribution in [0.4, 0.5) is 4.39 Å². The van der Waals surface area contributed by atoms with Crippen LogP contribution in [-0.4, -0.2) is 41.3 Å². The second-order valence-electron chi connectivity index (χ2n) is 3.78. The van der Waals surface area contributed by atoms with Crippen molar-refractivity contribution in [2.75, 3.05) is 19.6 Å². The summed E-state index contributed by atoms with van der Waals surface area (Å²) in [6.07, 6.45) is 2.64. The van der Waals surface area contributed by atoms with Gasteiger partial charge < -0.3 is 10.2 Å². The molecule has 2 amide bonds. The van der Waals surface area contributed by atoms with E-state index in [1.54, 1.807) is 0 Å². The minimum Gasteiger partial charge on any atom is -0.354 e. The van der Waals surface area contributed by atoms with Crippen molar-refractivity contribution in [1.29, 1.82) is 0 Å². The minimum atomic E-state index is -0.542. The Hall–Kier alpha value is -1.98. The monoisotopic (exact) mass is 237 g/mol. The smallest absolute Gasteiger partial charge is 0.255 e. The number of pyridine rings is 1. The molecule has 17 heavy (non-hydrogen) atoms. The zero-order valence-corrected chi connectivity index (χ0v) is 9.15. The Labute approximate surface area is 97.6 Å². The number of carbonyl (C=O) groups is 2. The van der Waals surface area contributed by atoms with Crippen LogP contribution < -0.4 is 5.32 Å². The van der Waals surface area contributed by atoms with E-state index in [0.717, 1.165) is 12.3 Å². The fraction of sp³-hybridized carbons (Fsp3) is 0.364. The van der Waals surface area contributed by atoms with Crippen LogP contribution in [0.1, 0.15) is 16.8 Å². The summed E-state index contributed by atoms with van der Waals surface area (Å²) in [5.74, 6) is -0.911. The summed E-state index contributed by atoms with van der Waals surface area (Å²) in [6.45, 7) is 1.20. The maximum absolute atomic E-state index is 12.9. The van der Waals surface area contributed by atoms with Crippen LogP contribution in [0, 0.1) is 5.82 Å². The molecule has 0 unspecified atom stereocenters. The molecule has 0 radical (unpaired) electrons. The number of carbonyl (C=O) groups excluding carboxylic acids is 2. The van der Waals surface area contributed by atoms with Crippen molar-refractivity contribution in [2.45, 2.75) is 6.42 Å². The van der Waals surface area contributed by atoms with Crippen LogP contribution in [0.15, 0.2) is 18.5 Å². The molecule has 1 N–H and O–H groups in total. The molecule has 5 nitrogen and oxygen atoms in total. The molecule has 1 aromatic heterocycles. The molecule has 1 aliphatic heterocycles. The number of hydrogen-bond acceptors (Lipinski definition) is 3. The van der Waals surface area contributed by atoms with Crippen molar-refractivity contribution in [1.82, 2.24) is 15.2 Å². The number of nitrogens with zero attached hydrogens (tertiary/aromatic N) is 2. The predicted octanol–water partition coefficient (Wildman–Crippen LogP) is 0.183. The lowest BCUT2D eigenvalue weighted by Gasteiger charge is -2.19. The normalized spacial score (nSPS) is 16.3. The topological polar surface area (TPSA) is 62.3 Å². The molecule has 0 aromatic carbocycles. The van der Waals surface area contributed by atoms with Crippen molar-refractivity contribution in [3.63, 3.8) is 0 Å². The molecule has 90 valence electrons. The Balaban J connectivity index is 2.11. The summed E-state index contributed by atoms with van der Waals surface area (Å²) in [5.41, 5.74) is 0.208. The molecule has 1 aliphatic rings. The highest BCUT2D eigenvalue weighted by molar-refractivity contribution is 5.94. The maximum Gasteiger partial charge on any atom is 0.255 e. The lowest BCUT2D eigenvalue weighted by atomic mass is 10.2. The molecule has 1 fully saturated rings. The Morgan fingerprint density at radius 2 is 2.24 bits per heavy atom. The van der Waals surface area contributed by atoms with E-state index < -0.39 is 5.82 Å². The van der Waals surface area contributed by atoms with Gasteiger partial charge in [0, 0.05) is 32.3 Å². The number of hydrogen-bond donors (Lipinski definition) is 1. The van der Waals surface area contributed by atoms with Gasteiger partial charge in [-0.25, -0.2) is 4.39 Å². The largest absolute Gasteiger partial charge is 0.354 e. The summed E-state index contributed by atoms with van der Waals surface area (Å²) in [6, 6.07) is 1.15. The van der Waals surface area contributed by atoms with E-state index >= 15 is 0 Å². The van der Waals surface area contributed by atoms with Crippen LogP contribution in [0.25, 0.3) is 0 Å². The van der Waals surface area contributed by atoms with Gasteiger partial charge in [-0.05, 0) is 6.07 Å². The first-order valence-electron chi connectivity index (χ1n) is 5.33. The van der Waals surface area contributed by atoms with Gasteiger partial charge in [-0.3, -0.25) is 14.6 Å². The van der Waals surface area contributed by atoms with Crippen LogP contribution >= 0.6 is 0 Å². The van der Waals surface area contributed by atoms with E-state index in [-0.39, 0.29) is 23.8 Å². The summed E-state index contributed by atoms with van der Waals surface area (Å²) in [5, 5.41) is 2.67. The molecule has 0 saturated carbocycles. The van der Waals surface area contributed by atoms with Crippen molar-refractivity contribution >= 4 is 11.8 Å². The van der Waals surface area contributed by atoms with Gasteiger partial charge in [0.1, 0.15) is 5.82 Å². The highest BCUT2D eigenvalue weighted by Crippen LogP contribution is 2.07. The van der Waals surface area contributed by atoms with Gasteiger partial charge in [0.25, 0.3) is 5.91 Å². The fourth-order valence-electron chi connectivity index (χ4n) is 1.68. The van der Waals surface area contributed by atoms with Gasteiger partial charge in [-0.15, -0.1) is 0 Å². The molecule has 0 bridgehead atoms. The summed E-state index contributed by atoms with van der Waals surface area (Å²) >= 11 is 0. The van der Waals surface area contributed by atoms with Crippen molar-refractivity contribution in [3.05, 3.63) is 29.8 Å². The highest BCUT2D eigenvalue weighted by atomic mass is 19.1. The molecule has 1 aromatic rings. The predicted molar refractivity (Wildman–Crippen MR) is 57.7 cm³/mol. The third-order valence-corrected chi connectivity index (χ3v) is 2.55. The molecule has 2 rings (SSSR count). The number of rotatable bonds is 1. The lowest BCUT2D eigenvalue weighted by molar-refractivity contribution is -0.120. The number of nitrogens with one attached hydrogen (secondary N) is 1. The average molecular weight is 237 g/mol. The zero-order chi connectivity index (χ0) is 12.3. The van der Waals surface area contributed by atoms with E-state index in [1.807, 2.05) is 0 Å². The third-order valence-electron chi connectivity index (χ3n) is 2.55. The van der Waals surface area contributed by atoms with E-state index in [0.29, 0.717) is 19.6 Å². The van der Waals surface area contributed by atoms with Crippen LogP contribution in [0.2, 0.25) is 0 Å². The average Bonchev–Trinajstić information content (AvgIpc) is 2.53. The molecule has 0 atom stereocenters. The Bertz CT molecular complexity index is 450. The number of aromatic nitrogens is 1. The molecule has 0 aliphatic carbocycles. The Kier molecular flexibility index (Phi) is 3.32. The molecule has 1 saturated heterocycles. The summed E-state index contributed by atoms with van der Waals surface area (Å²) < 4.78 is 12.9. The van der Waals surface area contributed by atoms with Crippen LogP contribution in [0.5, 0.6) is 0 Å². The van der Waals surface area contributed by atoms with Gasteiger partial charge >= 0.3 is 0 Å². The number of amides is 2. The number of halogens is 1.